The molecule has 1 rings (SSSR count). The third kappa shape index (κ3) is 3.48. The topological polar surface area (TPSA) is 78.2 Å². The van der Waals surface area contributed by atoms with Gasteiger partial charge in [0, 0.05) is 23.5 Å². The number of hydrogen-bond donors (Lipinski definition) is 1. The van der Waals surface area contributed by atoms with Gasteiger partial charge in [-0.3, -0.25) is 0 Å². The van der Waals surface area contributed by atoms with E-state index in [1.165, 1.54) is 0 Å². The third-order valence-corrected chi connectivity index (χ3v) is 8.81. The largest absolute Gasteiger partial charge is 0.414 e. The molecule has 104 valence electrons. The molecule has 3 atom stereocenters. The van der Waals surface area contributed by atoms with Crippen LogP contribution in [0.5, 0.6) is 0 Å². The first-order chi connectivity index (χ1) is 8.21. The van der Waals surface area contributed by atoms with Gasteiger partial charge in [0.1, 0.15) is 0 Å². The van der Waals surface area contributed by atoms with Gasteiger partial charge in [-0.2, -0.15) is 0 Å². The monoisotopic (exact) mass is 271 g/mol. The van der Waals surface area contributed by atoms with E-state index >= 15 is 0 Å². The second-order valence-electron chi connectivity index (χ2n) is 6.69. The van der Waals surface area contributed by atoms with Crippen LogP contribution in [0.15, 0.2) is 5.11 Å². The molecule has 0 bridgehead atoms. The highest BCUT2D eigenvalue weighted by Crippen LogP contribution is 2.41. The molecule has 0 spiro atoms. The Kier molecular flexibility index (Phi) is 4.83. The zero-order valence-corrected chi connectivity index (χ0v) is 13.1. The zero-order valence-electron chi connectivity index (χ0n) is 12.1. The summed E-state index contributed by atoms with van der Waals surface area (Å²) in [5.41, 5.74) is 8.50. The summed E-state index contributed by atoms with van der Waals surface area (Å²) in [6.07, 6.45) is 1.51. The maximum atomic E-state index is 9.42. The van der Waals surface area contributed by atoms with E-state index in [1.807, 2.05) is 0 Å². The van der Waals surface area contributed by atoms with E-state index in [0.29, 0.717) is 0 Å². The van der Waals surface area contributed by atoms with E-state index in [1.54, 1.807) is 0 Å². The van der Waals surface area contributed by atoms with Gasteiger partial charge in [0.05, 0.1) is 6.10 Å². The Morgan fingerprint density at radius 1 is 1.39 bits per heavy atom. The Labute approximate surface area is 110 Å². The van der Waals surface area contributed by atoms with Crippen LogP contribution in [0.1, 0.15) is 33.6 Å². The lowest BCUT2D eigenvalue weighted by molar-refractivity contribution is 0.0980. The molecule has 0 aliphatic heterocycles. The molecule has 0 aromatic heterocycles. The minimum atomic E-state index is -1.83. The normalized spacial score (nSPS) is 29.1. The van der Waals surface area contributed by atoms with Gasteiger partial charge in [-0.1, -0.05) is 25.9 Å². The Balaban J connectivity index is 2.74. The predicted octanol–water partition coefficient (Wildman–Crippen LogP) is 3.46. The quantitative estimate of drug-likeness (QED) is 0.368. The molecular weight excluding hydrogens is 246 g/mol. The molecule has 5 nitrogen and oxygen atoms in total. The van der Waals surface area contributed by atoms with Crippen molar-refractivity contribution < 1.29 is 9.53 Å². The van der Waals surface area contributed by atoms with Crippen molar-refractivity contribution in [3.63, 3.8) is 0 Å². The van der Waals surface area contributed by atoms with E-state index in [-0.39, 0.29) is 29.7 Å². The van der Waals surface area contributed by atoms with Crippen molar-refractivity contribution in [2.24, 2.45) is 11.0 Å². The maximum Gasteiger partial charge on any atom is 0.192 e. The fourth-order valence-corrected chi connectivity index (χ4v) is 3.52. The Morgan fingerprint density at radius 3 is 2.44 bits per heavy atom. The second-order valence-corrected chi connectivity index (χ2v) is 11.4. The third-order valence-electron chi connectivity index (χ3n) is 4.31. The lowest BCUT2D eigenvalue weighted by Crippen LogP contribution is -2.45. The van der Waals surface area contributed by atoms with E-state index in [4.69, 9.17) is 9.96 Å². The molecule has 6 heteroatoms. The van der Waals surface area contributed by atoms with Gasteiger partial charge >= 0.3 is 0 Å². The van der Waals surface area contributed by atoms with Crippen molar-refractivity contribution in [2.75, 3.05) is 6.61 Å². The van der Waals surface area contributed by atoms with Crippen molar-refractivity contribution >= 4 is 8.32 Å². The molecule has 0 saturated heterocycles. The van der Waals surface area contributed by atoms with Crippen LogP contribution >= 0.6 is 0 Å². The van der Waals surface area contributed by atoms with Gasteiger partial charge in [0.2, 0.25) is 0 Å². The number of hydrogen-bond acceptors (Lipinski definition) is 3. The number of rotatable bonds is 4. The van der Waals surface area contributed by atoms with Crippen molar-refractivity contribution in [1.82, 2.24) is 0 Å². The van der Waals surface area contributed by atoms with Crippen molar-refractivity contribution in [3.05, 3.63) is 10.4 Å². The molecule has 0 unspecified atom stereocenters. The summed E-state index contributed by atoms with van der Waals surface area (Å²) in [4.78, 5) is 2.87. The predicted molar refractivity (Wildman–Crippen MR) is 74.8 cm³/mol. The molecule has 1 aliphatic carbocycles. The second kappa shape index (κ2) is 5.61. The highest BCUT2D eigenvalue weighted by molar-refractivity contribution is 6.74. The van der Waals surface area contributed by atoms with E-state index in [2.05, 4.69) is 43.9 Å². The lowest BCUT2D eigenvalue weighted by atomic mass is 10.1. The SMILES string of the molecule is CC(C)(C)[Si](C)(C)O[C@H]1C[C@H](N=[N+]=[N-])C[C@H]1CO. The molecule has 0 heterocycles. The van der Waals surface area contributed by atoms with Crippen molar-refractivity contribution in [2.45, 2.75) is 63.9 Å². The van der Waals surface area contributed by atoms with Gasteiger partial charge in [-0.25, -0.2) is 0 Å². The molecule has 1 fully saturated rings. The first-order valence-electron chi connectivity index (χ1n) is 6.54. The summed E-state index contributed by atoms with van der Waals surface area (Å²) in [5, 5.41) is 13.3. The molecule has 0 aromatic rings. The standard InChI is InChI=1S/C12H25N3O2Si/c1-12(2,3)18(4,5)17-11-7-10(14-15-13)6-9(11)8-16/h9-11,16H,6-8H2,1-5H3/t9-,10+,11-/m0/s1. The van der Waals surface area contributed by atoms with Crippen LogP contribution in [0.3, 0.4) is 0 Å². The summed E-state index contributed by atoms with van der Waals surface area (Å²) in [6, 6.07) is -0.0260. The fourth-order valence-electron chi connectivity index (χ4n) is 2.12. The van der Waals surface area contributed by atoms with Gasteiger partial charge in [-0.15, -0.1) is 0 Å². The first kappa shape index (κ1) is 15.5. The summed E-state index contributed by atoms with van der Waals surface area (Å²) in [6.45, 7) is 11.1. The molecule has 0 amide bonds. The Bertz CT molecular complexity index is 335. The average molecular weight is 271 g/mol. The summed E-state index contributed by atoms with van der Waals surface area (Å²) in [7, 11) is -1.83. The van der Waals surface area contributed by atoms with Gasteiger partial charge in [0.25, 0.3) is 0 Å². The van der Waals surface area contributed by atoms with E-state index in [9.17, 15) is 5.11 Å². The zero-order chi connectivity index (χ0) is 14.0. The van der Waals surface area contributed by atoms with Crippen molar-refractivity contribution in [3.8, 4) is 0 Å². The molecular formula is C12H25N3O2Si. The van der Waals surface area contributed by atoms with Crippen LogP contribution in [0.4, 0.5) is 0 Å². The first-order valence-corrected chi connectivity index (χ1v) is 9.45. The number of aliphatic hydroxyl groups is 1. The fraction of sp³-hybridized carbons (Fsp3) is 1.00. The van der Waals surface area contributed by atoms with Crippen LogP contribution in [0.2, 0.25) is 18.1 Å². The van der Waals surface area contributed by atoms with E-state index in [0.717, 1.165) is 12.8 Å². The average Bonchev–Trinajstić information content (AvgIpc) is 2.58. The van der Waals surface area contributed by atoms with Crippen LogP contribution in [0, 0.1) is 5.92 Å². The lowest BCUT2D eigenvalue weighted by Gasteiger charge is -2.39. The maximum absolute atomic E-state index is 9.42. The highest BCUT2D eigenvalue weighted by atomic mass is 28.4. The van der Waals surface area contributed by atoms with Gasteiger partial charge in [-0.05, 0) is 36.5 Å². The molecule has 0 aromatic carbocycles. The molecule has 18 heavy (non-hydrogen) atoms. The molecule has 1 aliphatic rings. The minimum absolute atomic E-state index is 0.0260. The smallest absolute Gasteiger partial charge is 0.192 e. The number of nitrogens with zero attached hydrogens (tertiary/aromatic N) is 3. The van der Waals surface area contributed by atoms with Crippen LogP contribution in [-0.4, -0.2) is 32.2 Å². The van der Waals surface area contributed by atoms with Crippen LogP contribution in [-0.2, 0) is 4.43 Å². The molecule has 0 radical (unpaired) electrons. The molecule has 1 N–H and O–H groups in total. The Hall–Kier alpha value is -0.553. The minimum Gasteiger partial charge on any atom is -0.414 e. The summed E-state index contributed by atoms with van der Waals surface area (Å²) >= 11 is 0. The summed E-state index contributed by atoms with van der Waals surface area (Å²) in [5.74, 6) is 0.106. The Morgan fingerprint density at radius 2 is 2.00 bits per heavy atom. The number of aliphatic hydroxyl groups excluding tert-OH is 1. The molecule has 1 saturated carbocycles. The van der Waals surface area contributed by atoms with Crippen molar-refractivity contribution in [1.29, 1.82) is 0 Å². The van der Waals surface area contributed by atoms with Crippen LogP contribution in [0.25, 0.3) is 10.4 Å². The summed E-state index contributed by atoms with van der Waals surface area (Å²) < 4.78 is 6.34. The van der Waals surface area contributed by atoms with Gasteiger partial charge in [0.15, 0.2) is 8.32 Å². The van der Waals surface area contributed by atoms with Crippen LogP contribution < -0.4 is 0 Å². The van der Waals surface area contributed by atoms with Gasteiger partial charge < -0.3 is 9.53 Å². The number of azide groups is 1. The highest BCUT2D eigenvalue weighted by Gasteiger charge is 2.43. The van der Waals surface area contributed by atoms with E-state index < -0.39 is 8.32 Å².